The molecule has 2 heterocycles. The second kappa shape index (κ2) is 6.75. The van der Waals surface area contributed by atoms with Crippen LogP contribution in [0.3, 0.4) is 0 Å². The fourth-order valence-electron chi connectivity index (χ4n) is 2.65. The number of aromatic nitrogens is 2. The third kappa shape index (κ3) is 3.54. The highest BCUT2D eigenvalue weighted by atomic mass is 16.5. The van der Waals surface area contributed by atoms with Crippen LogP contribution in [0.5, 0.6) is 17.4 Å². The monoisotopic (exact) mass is 299 g/mol. The third-order valence-corrected chi connectivity index (χ3v) is 3.77. The molecule has 0 spiro atoms. The Morgan fingerprint density at radius 1 is 1.18 bits per heavy atom. The highest BCUT2D eigenvalue weighted by Crippen LogP contribution is 2.27. The van der Waals surface area contributed by atoms with E-state index in [4.69, 9.17) is 9.47 Å². The largest absolute Gasteiger partial charge is 0.497 e. The molecule has 3 rings (SSSR count). The lowest BCUT2D eigenvalue weighted by Crippen LogP contribution is -2.29. The van der Waals surface area contributed by atoms with Gasteiger partial charge in [0.1, 0.15) is 17.3 Å². The summed E-state index contributed by atoms with van der Waals surface area (Å²) in [5.74, 6) is 3.29. The zero-order valence-electron chi connectivity index (χ0n) is 13.0. The Kier molecular flexibility index (Phi) is 4.53. The van der Waals surface area contributed by atoms with Crippen LogP contribution in [0.15, 0.2) is 30.3 Å². The van der Waals surface area contributed by atoms with Crippen molar-refractivity contribution in [3.05, 3.63) is 41.9 Å². The number of piperidine rings is 1. The van der Waals surface area contributed by atoms with Crippen molar-refractivity contribution in [3.8, 4) is 17.4 Å². The summed E-state index contributed by atoms with van der Waals surface area (Å²) >= 11 is 0. The number of aryl methyl sites for hydroxylation is 1. The molecule has 116 valence electrons. The minimum Gasteiger partial charge on any atom is -0.497 e. The zero-order chi connectivity index (χ0) is 15.4. The first-order valence-electron chi connectivity index (χ1n) is 7.63. The molecule has 0 radical (unpaired) electrons. The van der Waals surface area contributed by atoms with Crippen LogP contribution in [0.1, 0.15) is 30.3 Å². The van der Waals surface area contributed by atoms with E-state index < -0.39 is 0 Å². The Balaban J connectivity index is 1.82. The second-order valence-electron chi connectivity index (χ2n) is 5.53. The molecule has 0 bridgehead atoms. The van der Waals surface area contributed by atoms with Crippen molar-refractivity contribution in [2.24, 2.45) is 0 Å². The van der Waals surface area contributed by atoms with Gasteiger partial charge < -0.3 is 14.8 Å². The molecule has 1 N–H and O–H groups in total. The average molecular weight is 299 g/mol. The fraction of sp³-hybridized carbons (Fsp3) is 0.412. The molecule has 0 saturated carbocycles. The normalized spacial score (nSPS) is 18.0. The van der Waals surface area contributed by atoms with E-state index in [1.807, 2.05) is 37.3 Å². The lowest BCUT2D eigenvalue weighted by Gasteiger charge is -2.22. The van der Waals surface area contributed by atoms with E-state index in [-0.39, 0.29) is 0 Å². The summed E-state index contributed by atoms with van der Waals surface area (Å²) in [6, 6.07) is 9.38. The van der Waals surface area contributed by atoms with E-state index >= 15 is 0 Å². The van der Waals surface area contributed by atoms with Crippen molar-refractivity contribution in [2.75, 3.05) is 20.2 Å². The predicted octanol–water partition coefficient (Wildman–Crippen LogP) is 3.05. The van der Waals surface area contributed by atoms with Crippen molar-refractivity contribution in [3.63, 3.8) is 0 Å². The fourth-order valence-corrected chi connectivity index (χ4v) is 2.65. The van der Waals surface area contributed by atoms with Gasteiger partial charge in [0.05, 0.1) is 7.11 Å². The molecule has 1 aromatic heterocycles. The number of nitrogens with zero attached hydrogens (tertiary/aromatic N) is 2. The molecular formula is C17H21N3O2. The Morgan fingerprint density at radius 2 is 2.05 bits per heavy atom. The number of rotatable bonds is 4. The van der Waals surface area contributed by atoms with E-state index in [9.17, 15) is 0 Å². The summed E-state index contributed by atoms with van der Waals surface area (Å²) in [6.07, 6.45) is 2.28. The minimum atomic E-state index is 0.362. The Morgan fingerprint density at radius 3 is 2.82 bits per heavy atom. The molecule has 1 fully saturated rings. The van der Waals surface area contributed by atoms with Crippen molar-refractivity contribution >= 4 is 0 Å². The second-order valence-corrected chi connectivity index (χ2v) is 5.53. The predicted molar refractivity (Wildman–Crippen MR) is 84.7 cm³/mol. The van der Waals surface area contributed by atoms with Gasteiger partial charge in [-0.25, -0.2) is 4.98 Å². The van der Waals surface area contributed by atoms with E-state index in [2.05, 4.69) is 15.3 Å². The van der Waals surface area contributed by atoms with Crippen LogP contribution in [0, 0.1) is 6.92 Å². The van der Waals surface area contributed by atoms with E-state index in [0.29, 0.717) is 17.5 Å². The van der Waals surface area contributed by atoms with Gasteiger partial charge in [-0.3, -0.25) is 0 Å². The molecule has 1 atom stereocenters. The van der Waals surface area contributed by atoms with E-state index in [1.54, 1.807) is 7.11 Å². The Labute approximate surface area is 130 Å². The van der Waals surface area contributed by atoms with Crippen molar-refractivity contribution in [2.45, 2.75) is 25.7 Å². The lowest BCUT2D eigenvalue weighted by molar-refractivity contribution is 0.404. The molecule has 1 unspecified atom stereocenters. The number of hydrogen-bond acceptors (Lipinski definition) is 5. The average Bonchev–Trinajstić information content (AvgIpc) is 2.55. The van der Waals surface area contributed by atoms with Gasteiger partial charge in [-0.05, 0) is 38.4 Å². The number of hydrogen-bond donors (Lipinski definition) is 1. The van der Waals surface area contributed by atoms with Crippen LogP contribution < -0.4 is 14.8 Å². The van der Waals surface area contributed by atoms with Gasteiger partial charge in [0.15, 0.2) is 0 Å². The number of benzene rings is 1. The Hall–Kier alpha value is -2.14. The molecule has 1 aliphatic rings. The molecule has 2 aromatic rings. The topological polar surface area (TPSA) is 56.3 Å². The maximum absolute atomic E-state index is 5.88. The first kappa shape index (κ1) is 14.8. The molecule has 1 aromatic carbocycles. The quantitative estimate of drug-likeness (QED) is 0.940. The van der Waals surface area contributed by atoms with E-state index in [0.717, 1.165) is 43.2 Å². The minimum absolute atomic E-state index is 0.362. The van der Waals surface area contributed by atoms with Crippen LogP contribution >= 0.6 is 0 Å². The van der Waals surface area contributed by atoms with Gasteiger partial charge in [-0.15, -0.1) is 0 Å². The van der Waals surface area contributed by atoms with Crippen molar-refractivity contribution in [1.29, 1.82) is 0 Å². The zero-order valence-corrected chi connectivity index (χ0v) is 13.0. The SMILES string of the molecule is COc1cccc(Oc2cc(C)nc(C3CCCNC3)n2)c1. The van der Waals surface area contributed by atoms with Gasteiger partial charge in [0.2, 0.25) is 5.88 Å². The lowest BCUT2D eigenvalue weighted by atomic mass is 9.99. The third-order valence-electron chi connectivity index (χ3n) is 3.77. The van der Waals surface area contributed by atoms with Crippen LogP contribution in [0.4, 0.5) is 0 Å². The summed E-state index contributed by atoms with van der Waals surface area (Å²) in [6.45, 7) is 3.98. The van der Waals surface area contributed by atoms with E-state index in [1.165, 1.54) is 0 Å². The first-order valence-corrected chi connectivity index (χ1v) is 7.63. The molecule has 1 saturated heterocycles. The maximum atomic E-state index is 5.88. The molecule has 22 heavy (non-hydrogen) atoms. The van der Waals surface area contributed by atoms with Crippen LogP contribution in [-0.4, -0.2) is 30.2 Å². The molecular weight excluding hydrogens is 278 g/mol. The summed E-state index contributed by atoms with van der Waals surface area (Å²) in [7, 11) is 1.64. The summed E-state index contributed by atoms with van der Waals surface area (Å²) in [5, 5.41) is 3.40. The van der Waals surface area contributed by atoms with Gasteiger partial charge in [-0.2, -0.15) is 4.98 Å². The molecule has 5 heteroatoms. The van der Waals surface area contributed by atoms with Gasteiger partial charge in [-0.1, -0.05) is 6.07 Å². The van der Waals surface area contributed by atoms with Gasteiger partial charge >= 0.3 is 0 Å². The van der Waals surface area contributed by atoms with Crippen molar-refractivity contribution in [1.82, 2.24) is 15.3 Å². The molecule has 0 aliphatic carbocycles. The van der Waals surface area contributed by atoms with Crippen LogP contribution in [0.25, 0.3) is 0 Å². The number of methoxy groups -OCH3 is 1. The van der Waals surface area contributed by atoms with Gasteiger partial charge in [0, 0.05) is 30.3 Å². The van der Waals surface area contributed by atoms with Crippen LogP contribution in [0.2, 0.25) is 0 Å². The summed E-state index contributed by atoms with van der Waals surface area (Å²) < 4.78 is 11.1. The van der Waals surface area contributed by atoms with Crippen LogP contribution in [-0.2, 0) is 0 Å². The number of nitrogens with one attached hydrogen (secondary N) is 1. The first-order chi connectivity index (χ1) is 10.7. The highest BCUT2D eigenvalue weighted by Gasteiger charge is 2.19. The number of ether oxygens (including phenoxy) is 2. The molecule has 0 amide bonds. The summed E-state index contributed by atoms with van der Waals surface area (Å²) in [4.78, 5) is 9.17. The molecule has 1 aliphatic heterocycles. The smallest absolute Gasteiger partial charge is 0.222 e. The Bertz CT molecular complexity index is 640. The summed E-state index contributed by atoms with van der Waals surface area (Å²) in [5.41, 5.74) is 0.925. The van der Waals surface area contributed by atoms with Gasteiger partial charge in [0.25, 0.3) is 0 Å². The standard InChI is InChI=1S/C17H21N3O2/c1-12-9-16(22-15-7-3-6-14(10-15)21-2)20-17(19-12)13-5-4-8-18-11-13/h3,6-7,9-10,13,18H,4-5,8,11H2,1-2H3. The van der Waals surface area contributed by atoms with Crippen molar-refractivity contribution < 1.29 is 9.47 Å². The maximum Gasteiger partial charge on any atom is 0.222 e. The highest BCUT2D eigenvalue weighted by molar-refractivity contribution is 5.35. The molecule has 5 nitrogen and oxygen atoms in total.